The largest absolute Gasteiger partial charge is 0.293 e. The van der Waals surface area contributed by atoms with E-state index in [0.717, 1.165) is 5.57 Å². The molecule has 1 rings (SSSR count). The normalized spacial score (nSPS) is 11.8. The van der Waals surface area contributed by atoms with Gasteiger partial charge in [0.25, 0.3) is 0 Å². The van der Waals surface area contributed by atoms with Crippen molar-refractivity contribution >= 4 is 5.57 Å². The SMILES string of the molecule is [CH-]=C\C=C(/C=C\C=C/C)c1ccc(C)cc1.[U]. The van der Waals surface area contributed by atoms with Crippen LogP contribution >= 0.6 is 0 Å². The molecule has 0 aliphatic carbocycles. The first-order valence-electron chi connectivity index (χ1n) is 5.39. The summed E-state index contributed by atoms with van der Waals surface area (Å²) in [6.45, 7) is 9.52. The van der Waals surface area contributed by atoms with Crippen LogP contribution in [0.3, 0.4) is 0 Å². The first-order valence-corrected chi connectivity index (χ1v) is 5.39. The first-order chi connectivity index (χ1) is 7.77. The zero-order chi connectivity index (χ0) is 11.8. The van der Waals surface area contributed by atoms with Crippen LogP contribution in [0.25, 0.3) is 5.57 Å². The van der Waals surface area contributed by atoms with Crippen molar-refractivity contribution in [2.24, 2.45) is 0 Å². The summed E-state index contributed by atoms with van der Waals surface area (Å²) in [5.74, 6) is 0. The van der Waals surface area contributed by atoms with Gasteiger partial charge in [-0.15, -0.1) is 0 Å². The maximum atomic E-state index is 5.45. The van der Waals surface area contributed by atoms with Gasteiger partial charge >= 0.3 is 0 Å². The number of allylic oxidation sites excluding steroid dienone is 7. The molecule has 17 heavy (non-hydrogen) atoms. The Bertz CT molecular complexity index is 419. The summed E-state index contributed by atoms with van der Waals surface area (Å²) in [7, 11) is 0. The molecule has 1 aromatic rings. The fourth-order valence-electron chi connectivity index (χ4n) is 1.37. The fourth-order valence-corrected chi connectivity index (χ4v) is 1.37. The Kier molecular flexibility index (Phi) is 8.86. The van der Waals surface area contributed by atoms with E-state index in [2.05, 4.69) is 31.2 Å². The Hall–Kier alpha value is -0.768. The molecule has 0 aliphatic rings. The number of hydrogen-bond acceptors (Lipinski definition) is 0. The van der Waals surface area contributed by atoms with Crippen molar-refractivity contribution in [1.82, 2.24) is 0 Å². The van der Waals surface area contributed by atoms with Gasteiger partial charge in [-0.05, 0) is 19.4 Å². The molecule has 0 nitrogen and oxygen atoms in total. The Balaban J connectivity index is 0.00000256. The van der Waals surface area contributed by atoms with Crippen LogP contribution in [0.1, 0.15) is 18.1 Å². The minimum absolute atomic E-state index is 0. The summed E-state index contributed by atoms with van der Waals surface area (Å²) in [6.07, 6.45) is 11.5. The van der Waals surface area contributed by atoms with Crippen molar-refractivity contribution in [1.29, 1.82) is 0 Å². The van der Waals surface area contributed by atoms with Gasteiger partial charge in [0.05, 0.1) is 0 Å². The third kappa shape index (κ3) is 5.92. The second-order valence-corrected chi connectivity index (χ2v) is 3.57. The van der Waals surface area contributed by atoms with Crippen LogP contribution in [-0.4, -0.2) is 0 Å². The Morgan fingerprint density at radius 1 is 1.12 bits per heavy atom. The van der Waals surface area contributed by atoms with E-state index in [0.29, 0.717) is 0 Å². The molecule has 0 bridgehead atoms. The molecule has 0 heterocycles. The van der Waals surface area contributed by atoms with Crippen LogP contribution < -0.4 is 0 Å². The quantitative estimate of drug-likeness (QED) is 0.471. The monoisotopic (exact) mass is 447 g/mol. The van der Waals surface area contributed by atoms with Gasteiger partial charge in [0.1, 0.15) is 0 Å². The van der Waals surface area contributed by atoms with E-state index in [4.69, 9.17) is 6.58 Å². The van der Waals surface area contributed by atoms with E-state index < -0.39 is 0 Å². The van der Waals surface area contributed by atoms with Gasteiger partial charge in [-0.25, -0.2) is 12.2 Å². The van der Waals surface area contributed by atoms with Gasteiger partial charge in [0.2, 0.25) is 0 Å². The topological polar surface area (TPSA) is 0 Å². The Morgan fingerprint density at radius 2 is 1.76 bits per heavy atom. The summed E-state index contributed by atoms with van der Waals surface area (Å²) in [5, 5.41) is 0. The Morgan fingerprint density at radius 3 is 2.29 bits per heavy atom. The number of rotatable bonds is 4. The molecule has 1 heteroatoms. The van der Waals surface area contributed by atoms with Crippen molar-refractivity contribution < 1.29 is 31.1 Å². The summed E-state index contributed by atoms with van der Waals surface area (Å²) < 4.78 is 0. The average molecular weight is 447 g/mol. The molecule has 86 valence electrons. The minimum Gasteiger partial charge on any atom is -0.293 e. The third-order valence-corrected chi connectivity index (χ3v) is 2.24. The van der Waals surface area contributed by atoms with Crippen LogP contribution in [0, 0.1) is 44.6 Å². The van der Waals surface area contributed by atoms with Crippen molar-refractivity contribution in [2.45, 2.75) is 13.8 Å². The van der Waals surface area contributed by atoms with E-state index in [1.165, 1.54) is 11.1 Å². The molecule has 0 aromatic heterocycles. The molecular formula is C16H17U-. The molecule has 0 unspecified atom stereocenters. The summed E-state index contributed by atoms with van der Waals surface area (Å²) in [5.41, 5.74) is 3.55. The van der Waals surface area contributed by atoms with Gasteiger partial charge < -0.3 is 0 Å². The second kappa shape index (κ2) is 9.28. The summed E-state index contributed by atoms with van der Waals surface area (Å²) in [6, 6.07) is 8.40. The third-order valence-electron chi connectivity index (χ3n) is 2.24. The molecule has 0 N–H and O–H groups in total. The molecular weight excluding hydrogens is 430 g/mol. The zero-order valence-corrected chi connectivity index (χ0v) is 14.5. The molecule has 0 fully saturated rings. The van der Waals surface area contributed by atoms with Crippen LogP contribution in [0.4, 0.5) is 0 Å². The van der Waals surface area contributed by atoms with Crippen LogP contribution in [0.2, 0.25) is 0 Å². The van der Waals surface area contributed by atoms with Gasteiger partial charge in [0.15, 0.2) is 0 Å². The van der Waals surface area contributed by atoms with Gasteiger partial charge in [-0.3, -0.25) is 6.58 Å². The Labute approximate surface area is 128 Å². The molecule has 0 saturated carbocycles. The predicted molar refractivity (Wildman–Crippen MR) is 72.0 cm³/mol. The zero-order valence-electron chi connectivity index (χ0n) is 10.4. The van der Waals surface area contributed by atoms with E-state index >= 15 is 0 Å². The number of benzene rings is 1. The number of aryl methyl sites for hydroxylation is 1. The maximum absolute atomic E-state index is 5.45. The van der Waals surface area contributed by atoms with Crippen LogP contribution in [-0.2, 0) is 0 Å². The van der Waals surface area contributed by atoms with Crippen molar-refractivity contribution in [3.05, 3.63) is 78.4 Å². The van der Waals surface area contributed by atoms with E-state index in [9.17, 15) is 0 Å². The van der Waals surface area contributed by atoms with Crippen LogP contribution in [0.5, 0.6) is 0 Å². The van der Waals surface area contributed by atoms with E-state index in [1.807, 2.05) is 37.3 Å². The van der Waals surface area contributed by atoms with E-state index in [-0.39, 0.29) is 31.1 Å². The van der Waals surface area contributed by atoms with Crippen molar-refractivity contribution in [2.75, 3.05) is 0 Å². The van der Waals surface area contributed by atoms with Crippen LogP contribution in [0.15, 0.2) is 60.7 Å². The molecule has 1 aromatic carbocycles. The van der Waals surface area contributed by atoms with E-state index in [1.54, 1.807) is 6.08 Å². The smallest absolute Gasteiger partial charge is 0 e. The molecule has 0 spiro atoms. The minimum atomic E-state index is 0. The van der Waals surface area contributed by atoms with Gasteiger partial charge in [-0.1, -0.05) is 59.7 Å². The maximum Gasteiger partial charge on any atom is 0 e. The van der Waals surface area contributed by atoms with Gasteiger partial charge in [0, 0.05) is 31.1 Å². The fraction of sp³-hybridized carbons (Fsp3) is 0.125. The molecule has 0 amide bonds. The van der Waals surface area contributed by atoms with Crippen molar-refractivity contribution in [3.8, 4) is 0 Å². The molecule has 0 atom stereocenters. The predicted octanol–water partition coefficient (Wildman–Crippen LogP) is 4.50. The average Bonchev–Trinajstić information content (AvgIpc) is 2.29. The number of hydrogen-bond donors (Lipinski definition) is 0. The summed E-state index contributed by atoms with van der Waals surface area (Å²) in [4.78, 5) is 0. The summed E-state index contributed by atoms with van der Waals surface area (Å²) >= 11 is 0. The van der Waals surface area contributed by atoms with Gasteiger partial charge in [-0.2, -0.15) is 0 Å². The molecule has 0 saturated heterocycles. The van der Waals surface area contributed by atoms with Crippen molar-refractivity contribution in [3.63, 3.8) is 0 Å². The first kappa shape index (κ1) is 16.2. The molecule has 0 radical (unpaired) electrons. The second-order valence-electron chi connectivity index (χ2n) is 3.57. The molecule has 0 aliphatic heterocycles. The standard InChI is InChI=1S/C16H17.U/c1-4-6-7-9-15(8-5-2)16-12-10-14(3)11-13-16;/h2,4-13H,1,3H3;/q-1;/b6-4-,9-7-,15-8+;.